The Kier molecular flexibility index (Phi) is 3.31. The zero-order chi connectivity index (χ0) is 11.7. The Labute approximate surface area is 102 Å². The molecule has 0 radical (unpaired) electrons. The molecule has 1 saturated carbocycles. The molecule has 0 aromatic rings. The summed E-state index contributed by atoms with van der Waals surface area (Å²) in [5, 5.41) is 6.57. The number of fused-ring (bicyclic) bond motifs is 1. The van der Waals surface area contributed by atoms with Crippen LogP contribution < -0.4 is 10.6 Å². The van der Waals surface area contributed by atoms with Gasteiger partial charge in [-0.1, -0.05) is 0 Å². The van der Waals surface area contributed by atoms with Crippen LogP contribution in [0.5, 0.6) is 0 Å². The summed E-state index contributed by atoms with van der Waals surface area (Å²) in [5.41, 5.74) is 0. The molecule has 2 saturated heterocycles. The van der Waals surface area contributed by atoms with Gasteiger partial charge in [0.15, 0.2) is 0 Å². The number of amides is 1. The maximum Gasteiger partial charge on any atom is 0.241 e. The predicted octanol–water partition coefficient (Wildman–Crippen LogP) is -0.672. The molecule has 3 atom stereocenters. The molecule has 3 unspecified atom stereocenters. The van der Waals surface area contributed by atoms with Crippen LogP contribution in [0, 0.1) is 0 Å². The Bertz CT molecular complexity index is 291. The van der Waals surface area contributed by atoms with Gasteiger partial charge in [-0.3, -0.25) is 4.79 Å². The maximum absolute atomic E-state index is 12.5. The van der Waals surface area contributed by atoms with E-state index in [0.29, 0.717) is 18.8 Å². The number of nitrogens with one attached hydrogen (secondary N) is 2. The molecule has 3 fully saturated rings. The van der Waals surface area contributed by atoms with Gasteiger partial charge in [0.05, 0.1) is 24.8 Å². The zero-order valence-electron chi connectivity index (χ0n) is 10.2. The molecule has 2 heterocycles. The molecule has 0 aromatic carbocycles. The molecule has 0 bridgehead atoms. The molecular weight excluding hydrogens is 218 g/mol. The lowest BCUT2D eigenvalue weighted by atomic mass is 10.1. The number of piperazine rings is 1. The average molecular weight is 239 g/mol. The molecule has 1 aliphatic carbocycles. The largest absolute Gasteiger partial charge is 0.374 e. The highest BCUT2D eigenvalue weighted by molar-refractivity contribution is 5.82. The van der Waals surface area contributed by atoms with E-state index >= 15 is 0 Å². The number of rotatable bonds is 1. The van der Waals surface area contributed by atoms with E-state index in [1.165, 1.54) is 6.42 Å². The van der Waals surface area contributed by atoms with Gasteiger partial charge in [-0.15, -0.1) is 0 Å². The number of carbonyl (C=O) groups is 1. The Balaban J connectivity index is 1.67. The molecule has 0 spiro atoms. The molecule has 5 nitrogen and oxygen atoms in total. The lowest BCUT2D eigenvalue weighted by Gasteiger charge is -2.40. The Morgan fingerprint density at radius 1 is 1.29 bits per heavy atom. The smallest absolute Gasteiger partial charge is 0.241 e. The Morgan fingerprint density at radius 2 is 2.24 bits per heavy atom. The number of ether oxygens (including phenoxy) is 1. The molecule has 3 rings (SSSR count). The van der Waals surface area contributed by atoms with Crippen LogP contribution in [0.25, 0.3) is 0 Å². The minimum absolute atomic E-state index is 0.0388. The molecule has 17 heavy (non-hydrogen) atoms. The molecule has 2 aliphatic heterocycles. The molecule has 96 valence electrons. The third-order valence-electron chi connectivity index (χ3n) is 4.10. The third kappa shape index (κ3) is 2.19. The first-order valence-electron chi connectivity index (χ1n) is 6.72. The highest BCUT2D eigenvalue weighted by Crippen LogP contribution is 2.29. The van der Waals surface area contributed by atoms with Gasteiger partial charge in [-0.05, 0) is 19.3 Å². The number of hydrogen-bond donors (Lipinski definition) is 2. The quantitative estimate of drug-likeness (QED) is 0.637. The molecule has 3 aliphatic rings. The molecule has 2 N–H and O–H groups in total. The highest BCUT2D eigenvalue weighted by Gasteiger charge is 2.40. The predicted molar refractivity (Wildman–Crippen MR) is 63.8 cm³/mol. The summed E-state index contributed by atoms with van der Waals surface area (Å²) < 4.78 is 5.74. The van der Waals surface area contributed by atoms with E-state index in [-0.39, 0.29) is 11.9 Å². The van der Waals surface area contributed by atoms with Crippen LogP contribution >= 0.6 is 0 Å². The Morgan fingerprint density at radius 3 is 3.06 bits per heavy atom. The topological polar surface area (TPSA) is 53.6 Å². The fourth-order valence-electron chi connectivity index (χ4n) is 3.23. The van der Waals surface area contributed by atoms with Gasteiger partial charge in [-0.2, -0.15) is 0 Å². The van der Waals surface area contributed by atoms with Gasteiger partial charge in [0.1, 0.15) is 0 Å². The van der Waals surface area contributed by atoms with Gasteiger partial charge in [0.25, 0.3) is 0 Å². The van der Waals surface area contributed by atoms with Crippen LogP contribution in [0.2, 0.25) is 0 Å². The molecule has 5 heteroatoms. The van der Waals surface area contributed by atoms with Crippen molar-refractivity contribution in [2.45, 2.75) is 37.5 Å². The first-order chi connectivity index (χ1) is 8.36. The normalized spacial score (nSPS) is 37.9. The standard InChI is InChI=1S/C12H21N3O2/c16-12(9-8-13-4-5-14-9)15-6-7-17-11-3-1-2-10(11)15/h9-11,13-14H,1-8H2. The van der Waals surface area contributed by atoms with Gasteiger partial charge in [0.2, 0.25) is 5.91 Å². The summed E-state index contributed by atoms with van der Waals surface area (Å²) in [6.45, 7) is 4.06. The van der Waals surface area contributed by atoms with Gasteiger partial charge in [0, 0.05) is 26.2 Å². The maximum atomic E-state index is 12.5. The summed E-state index contributed by atoms with van der Waals surface area (Å²) in [4.78, 5) is 14.5. The van der Waals surface area contributed by atoms with Crippen molar-refractivity contribution in [3.8, 4) is 0 Å². The van der Waals surface area contributed by atoms with Crippen molar-refractivity contribution in [1.82, 2.24) is 15.5 Å². The Hall–Kier alpha value is -0.650. The van der Waals surface area contributed by atoms with Crippen LogP contribution in [0.15, 0.2) is 0 Å². The van der Waals surface area contributed by atoms with Gasteiger partial charge >= 0.3 is 0 Å². The third-order valence-corrected chi connectivity index (χ3v) is 4.10. The summed E-state index contributed by atoms with van der Waals surface area (Å²) in [6, 6.07) is 0.295. The summed E-state index contributed by atoms with van der Waals surface area (Å²) in [6.07, 6.45) is 3.71. The molecule has 0 aromatic heterocycles. The SMILES string of the molecule is O=C(C1CNCCN1)N1CCOC2CCCC21. The van der Waals surface area contributed by atoms with E-state index < -0.39 is 0 Å². The van der Waals surface area contributed by atoms with E-state index in [0.717, 1.165) is 39.0 Å². The van der Waals surface area contributed by atoms with Crippen LogP contribution in [0.4, 0.5) is 0 Å². The van der Waals surface area contributed by atoms with E-state index in [2.05, 4.69) is 15.5 Å². The fourth-order valence-corrected chi connectivity index (χ4v) is 3.23. The van der Waals surface area contributed by atoms with Gasteiger partial charge in [-0.25, -0.2) is 0 Å². The van der Waals surface area contributed by atoms with Crippen LogP contribution in [-0.2, 0) is 9.53 Å². The number of nitrogens with zero attached hydrogens (tertiary/aromatic N) is 1. The van der Waals surface area contributed by atoms with Crippen molar-refractivity contribution in [3.63, 3.8) is 0 Å². The van der Waals surface area contributed by atoms with Crippen LogP contribution in [-0.4, -0.2) is 61.8 Å². The summed E-state index contributed by atoms with van der Waals surface area (Å²) in [7, 11) is 0. The molecular formula is C12H21N3O2. The van der Waals surface area contributed by atoms with Crippen molar-refractivity contribution in [2.75, 3.05) is 32.8 Å². The fraction of sp³-hybridized carbons (Fsp3) is 0.917. The number of morpholine rings is 1. The van der Waals surface area contributed by atoms with E-state index in [1.807, 2.05) is 0 Å². The summed E-state index contributed by atoms with van der Waals surface area (Å²) in [5.74, 6) is 0.261. The van der Waals surface area contributed by atoms with E-state index in [1.54, 1.807) is 0 Å². The van der Waals surface area contributed by atoms with E-state index in [4.69, 9.17) is 4.74 Å². The van der Waals surface area contributed by atoms with Crippen molar-refractivity contribution in [1.29, 1.82) is 0 Å². The summed E-state index contributed by atoms with van der Waals surface area (Å²) >= 11 is 0. The first kappa shape index (κ1) is 11.4. The zero-order valence-corrected chi connectivity index (χ0v) is 10.2. The highest BCUT2D eigenvalue weighted by atomic mass is 16.5. The monoisotopic (exact) mass is 239 g/mol. The average Bonchev–Trinajstić information content (AvgIpc) is 2.87. The second-order valence-electron chi connectivity index (χ2n) is 5.15. The molecule has 1 amide bonds. The van der Waals surface area contributed by atoms with Crippen molar-refractivity contribution in [3.05, 3.63) is 0 Å². The van der Waals surface area contributed by atoms with Crippen LogP contribution in [0.1, 0.15) is 19.3 Å². The van der Waals surface area contributed by atoms with Crippen molar-refractivity contribution < 1.29 is 9.53 Å². The second-order valence-corrected chi connectivity index (χ2v) is 5.15. The van der Waals surface area contributed by atoms with Crippen LogP contribution in [0.3, 0.4) is 0 Å². The van der Waals surface area contributed by atoms with E-state index in [9.17, 15) is 4.79 Å². The van der Waals surface area contributed by atoms with Crippen molar-refractivity contribution in [2.24, 2.45) is 0 Å². The second kappa shape index (κ2) is 4.92. The van der Waals surface area contributed by atoms with Gasteiger partial charge < -0.3 is 20.3 Å². The number of hydrogen-bond acceptors (Lipinski definition) is 4. The van der Waals surface area contributed by atoms with Crippen molar-refractivity contribution >= 4 is 5.91 Å². The minimum Gasteiger partial charge on any atom is -0.374 e. The first-order valence-corrected chi connectivity index (χ1v) is 6.72. The lowest BCUT2D eigenvalue weighted by Crippen LogP contribution is -2.61. The lowest BCUT2D eigenvalue weighted by molar-refractivity contribution is -0.146. The number of carbonyl (C=O) groups excluding carboxylic acids is 1. The minimum atomic E-state index is -0.0388.